The van der Waals surface area contributed by atoms with Gasteiger partial charge in [-0.3, -0.25) is 0 Å². The van der Waals surface area contributed by atoms with E-state index in [4.69, 9.17) is 0 Å². The minimum absolute atomic E-state index is 0.108. The fourth-order valence-corrected chi connectivity index (χ4v) is 3.75. The third-order valence-corrected chi connectivity index (χ3v) is 5.13. The summed E-state index contributed by atoms with van der Waals surface area (Å²) in [7, 11) is -2.81. The second-order valence-electron chi connectivity index (χ2n) is 4.87. The highest BCUT2D eigenvalue weighted by atomic mass is 32.2. The van der Waals surface area contributed by atoms with Gasteiger partial charge in [0.1, 0.15) is 15.7 Å². The topological polar surface area (TPSA) is 46.2 Å². The van der Waals surface area contributed by atoms with Gasteiger partial charge in [0, 0.05) is 12.1 Å². The normalized spacial score (nSPS) is 21.7. The van der Waals surface area contributed by atoms with E-state index in [0.717, 1.165) is 5.56 Å². The van der Waals surface area contributed by atoms with Crippen LogP contribution in [0.1, 0.15) is 31.4 Å². The highest BCUT2D eigenvalue weighted by Crippen LogP contribution is 2.18. The fraction of sp³-hybridized carbons (Fsp3) is 0.538. The van der Waals surface area contributed by atoms with Crippen molar-refractivity contribution in [2.75, 3.05) is 11.5 Å². The Morgan fingerprint density at radius 2 is 1.78 bits per heavy atom. The standard InChI is InChI=1S/C13H18FNO2S/c1-10(11-2-4-12(14)5-3-11)15-13-6-8-18(16,17)9-7-13/h2-5,10,13,15H,6-9H2,1H3/t10-/m0/s1. The Morgan fingerprint density at radius 3 is 2.33 bits per heavy atom. The summed E-state index contributed by atoms with van der Waals surface area (Å²) < 4.78 is 35.4. The van der Waals surface area contributed by atoms with Crippen LogP contribution in [-0.2, 0) is 9.84 Å². The van der Waals surface area contributed by atoms with Crippen LogP contribution < -0.4 is 5.32 Å². The molecule has 0 aromatic heterocycles. The zero-order valence-electron chi connectivity index (χ0n) is 10.4. The maximum Gasteiger partial charge on any atom is 0.150 e. The zero-order chi connectivity index (χ0) is 13.2. The lowest BCUT2D eigenvalue weighted by atomic mass is 10.1. The average Bonchev–Trinajstić information content (AvgIpc) is 2.33. The van der Waals surface area contributed by atoms with Gasteiger partial charge in [-0.15, -0.1) is 0 Å². The zero-order valence-corrected chi connectivity index (χ0v) is 11.2. The Hall–Kier alpha value is -0.940. The number of hydrogen-bond donors (Lipinski definition) is 1. The predicted molar refractivity (Wildman–Crippen MR) is 69.6 cm³/mol. The molecule has 1 heterocycles. The summed E-state index contributed by atoms with van der Waals surface area (Å²) in [5, 5.41) is 3.41. The summed E-state index contributed by atoms with van der Waals surface area (Å²) >= 11 is 0. The second kappa shape index (κ2) is 5.36. The van der Waals surface area contributed by atoms with E-state index >= 15 is 0 Å². The van der Waals surface area contributed by atoms with Crippen LogP contribution in [0.25, 0.3) is 0 Å². The van der Waals surface area contributed by atoms with Gasteiger partial charge < -0.3 is 5.32 Å². The molecule has 1 aliphatic rings. The van der Waals surface area contributed by atoms with Gasteiger partial charge in [0.2, 0.25) is 0 Å². The Kier molecular flexibility index (Phi) is 4.02. The quantitative estimate of drug-likeness (QED) is 0.915. The molecular weight excluding hydrogens is 253 g/mol. The van der Waals surface area contributed by atoms with Gasteiger partial charge in [0.15, 0.2) is 0 Å². The molecule has 0 saturated carbocycles. The van der Waals surface area contributed by atoms with E-state index in [9.17, 15) is 12.8 Å². The van der Waals surface area contributed by atoms with Gasteiger partial charge in [0.25, 0.3) is 0 Å². The van der Waals surface area contributed by atoms with Gasteiger partial charge in [-0.25, -0.2) is 12.8 Å². The molecule has 1 atom stereocenters. The van der Waals surface area contributed by atoms with Crippen molar-refractivity contribution >= 4 is 9.84 Å². The Bertz CT molecular complexity index is 484. The van der Waals surface area contributed by atoms with E-state index in [1.807, 2.05) is 6.92 Å². The second-order valence-corrected chi connectivity index (χ2v) is 7.17. The van der Waals surface area contributed by atoms with Crippen LogP contribution >= 0.6 is 0 Å². The van der Waals surface area contributed by atoms with E-state index in [-0.39, 0.29) is 29.4 Å². The van der Waals surface area contributed by atoms with E-state index in [1.165, 1.54) is 12.1 Å². The third-order valence-electron chi connectivity index (χ3n) is 3.41. The van der Waals surface area contributed by atoms with Crippen molar-refractivity contribution in [3.63, 3.8) is 0 Å². The summed E-state index contributed by atoms with van der Waals surface area (Å²) in [4.78, 5) is 0. The molecule has 0 unspecified atom stereocenters. The number of sulfone groups is 1. The number of halogens is 1. The van der Waals surface area contributed by atoms with Crippen LogP contribution in [0, 0.1) is 5.82 Å². The molecule has 5 heteroatoms. The van der Waals surface area contributed by atoms with E-state index in [1.54, 1.807) is 12.1 Å². The van der Waals surface area contributed by atoms with E-state index < -0.39 is 9.84 Å². The first kappa shape index (κ1) is 13.5. The molecule has 1 N–H and O–H groups in total. The molecule has 1 aliphatic heterocycles. The molecule has 18 heavy (non-hydrogen) atoms. The molecule has 0 aliphatic carbocycles. The number of hydrogen-bond acceptors (Lipinski definition) is 3. The highest BCUT2D eigenvalue weighted by Gasteiger charge is 2.24. The Labute approximate surface area is 107 Å². The largest absolute Gasteiger partial charge is 0.307 e. The molecule has 0 amide bonds. The van der Waals surface area contributed by atoms with Gasteiger partial charge in [0.05, 0.1) is 11.5 Å². The highest BCUT2D eigenvalue weighted by molar-refractivity contribution is 7.91. The summed E-state index contributed by atoms with van der Waals surface area (Å²) in [6.07, 6.45) is 1.32. The van der Waals surface area contributed by atoms with E-state index in [0.29, 0.717) is 12.8 Å². The molecule has 1 aromatic rings. The molecule has 0 spiro atoms. The lowest BCUT2D eigenvalue weighted by Crippen LogP contribution is -2.38. The molecular formula is C13H18FNO2S. The van der Waals surface area contributed by atoms with Crippen LogP contribution in [-0.4, -0.2) is 26.0 Å². The van der Waals surface area contributed by atoms with Gasteiger partial charge >= 0.3 is 0 Å². The summed E-state index contributed by atoms with van der Waals surface area (Å²) in [6.45, 7) is 2.01. The fourth-order valence-electron chi connectivity index (χ4n) is 2.26. The number of benzene rings is 1. The predicted octanol–water partition coefficient (Wildman–Crippen LogP) is 2.05. The summed E-state index contributed by atoms with van der Waals surface area (Å²) in [5.41, 5.74) is 1.02. The van der Waals surface area contributed by atoms with Crippen molar-refractivity contribution in [3.05, 3.63) is 35.6 Å². The van der Waals surface area contributed by atoms with Crippen LogP contribution in [0.5, 0.6) is 0 Å². The first-order valence-corrected chi connectivity index (χ1v) is 8.00. The van der Waals surface area contributed by atoms with Gasteiger partial charge in [-0.2, -0.15) is 0 Å². The average molecular weight is 271 g/mol. The SMILES string of the molecule is C[C@H](NC1CCS(=O)(=O)CC1)c1ccc(F)cc1. The van der Waals surface area contributed by atoms with Crippen molar-refractivity contribution in [1.29, 1.82) is 0 Å². The maximum absolute atomic E-state index is 12.8. The van der Waals surface area contributed by atoms with Crippen molar-refractivity contribution in [2.45, 2.75) is 31.8 Å². The minimum Gasteiger partial charge on any atom is -0.307 e. The molecule has 0 bridgehead atoms. The van der Waals surface area contributed by atoms with Crippen molar-refractivity contribution in [3.8, 4) is 0 Å². The number of rotatable bonds is 3. The lowest BCUT2D eigenvalue weighted by Gasteiger charge is -2.26. The number of nitrogens with one attached hydrogen (secondary N) is 1. The van der Waals surface area contributed by atoms with E-state index in [2.05, 4.69) is 5.32 Å². The monoisotopic (exact) mass is 271 g/mol. The Balaban J connectivity index is 1.92. The lowest BCUT2D eigenvalue weighted by molar-refractivity contribution is 0.420. The van der Waals surface area contributed by atoms with Crippen LogP contribution in [0.3, 0.4) is 0 Å². The van der Waals surface area contributed by atoms with Crippen LogP contribution in [0.15, 0.2) is 24.3 Å². The van der Waals surface area contributed by atoms with Crippen LogP contribution in [0.4, 0.5) is 4.39 Å². The first-order chi connectivity index (χ1) is 8.46. The first-order valence-electron chi connectivity index (χ1n) is 6.18. The maximum atomic E-state index is 12.8. The molecule has 100 valence electrons. The molecule has 1 aromatic carbocycles. The smallest absolute Gasteiger partial charge is 0.150 e. The third kappa shape index (κ3) is 3.53. The summed E-state index contributed by atoms with van der Waals surface area (Å²) in [5.74, 6) is 0.288. The minimum atomic E-state index is -2.81. The molecule has 2 rings (SSSR count). The molecule has 1 fully saturated rings. The van der Waals surface area contributed by atoms with Crippen LogP contribution in [0.2, 0.25) is 0 Å². The molecule has 1 saturated heterocycles. The van der Waals surface area contributed by atoms with Gasteiger partial charge in [-0.05, 0) is 37.5 Å². The van der Waals surface area contributed by atoms with Crippen molar-refractivity contribution in [1.82, 2.24) is 5.32 Å². The van der Waals surface area contributed by atoms with Gasteiger partial charge in [-0.1, -0.05) is 12.1 Å². The molecule has 3 nitrogen and oxygen atoms in total. The Morgan fingerprint density at radius 1 is 1.22 bits per heavy atom. The molecule has 0 radical (unpaired) electrons. The van der Waals surface area contributed by atoms with Crippen molar-refractivity contribution < 1.29 is 12.8 Å². The summed E-state index contributed by atoms with van der Waals surface area (Å²) in [6, 6.07) is 6.74. The van der Waals surface area contributed by atoms with Crippen molar-refractivity contribution in [2.24, 2.45) is 0 Å².